The van der Waals surface area contributed by atoms with Gasteiger partial charge in [0.2, 0.25) is 0 Å². The topological polar surface area (TPSA) is 89.2 Å². The zero-order valence-corrected chi connectivity index (χ0v) is 19.5. The predicted octanol–water partition coefficient (Wildman–Crippen LogP) is 5.90. The third-order valence-electron chi connectivity index (χ3n) is 5.32. The number of nitrogens with zero attached hydrogens (tertiary/aromatic N) is 1. The first-order valence-electron chi connectivity index (χ1n) is 10.9. The zero-order valence-electron chi connectivity index (χ0n) is 19.5. The number of aliphatic hydroxyl groups excluding tert-OH is 1. The molecule has 36 heavy (non-hydrogen) atoms. The molecule has 1 aliphatic heterocycles. The molecule has 1 aliphatic rings. The minimum atomic E-state index is -4.88. The van der Waals surface area contributed by atoms with E-state index in [2.05, 4.69) is 4.74 Å². The van der Waals surface area contributed by atoms with Crippen molar-refractivity contribution in [1.29, 1.82) is 0 Å². The van der Waals surface area contributed by atoms with E-state index in [1.54, 1.807) is 43.3 Å². The number of anilines is 1. The standard InChI is InChI=1S/C26H22F3NO6/c1-14(2)34-18-9-5-16(6-10-18)23(31)21-22(20-13-4-15(3)35-20)30(25(33)24(21)32)17-7-11-19(12-8-17)36-26(27,28)29/h4-14,22,31H,1-3H3/b23-21-. The van der Waals surface area contributed by atoms with Gasteiger partial charge in [0.25, 0.3) is 11.7 Å². The summed E-state index contributed by atoms with van der Waals surface area (Å²) in [6.45, 7) is 5.40. The zero-order chi connectivity index (χ0) is 26.2. The first-order valence-corrected chi connectivity index (χ1v) is 10.9. The molecule has 1 saturated heterocycles. The van der Waals surface area contributed by atoms with Crippen LogP contribution >= 0.6 is 0 Å². The Morgan fingerprint density at radius 3 is 2.11 bits per heavy atom. The number of alkyl halides is 3. The third kappa shape index (κ3) is 5.07. The fourth-order valence-electron chi connectivity index (χ4n) is 3.90. The smallest absolute Gasteiger partial charge is 0.507 e. The molecular weight excluding hydrogens is 479 g/mol. The van der Waals surface area contributed by atoms with Crippen LogP contribution in [0.4, 0.5) is 18.9 Å². The number of ether oxygens (including phenoxy) is 2. The molecule has 188 valence electrons. The van der Waals surface area contributed by atoms with E-state index in [0.29, 0.717) is 11.5 Å². The maximum atomic E-state index is 13.1. The molecule has 1 unspecified atom stereocenters. The summed E-state index contributed by atoms with van der Waals surface area (Å²) in [7, 11) is 0. The number of Topliss-reactive ketones (excluding diaryl/α,β-unsaturated/α-hetero) is 1. The summed E-state index contributed by atoms with van der Waals surface area (Å²) in [4.78, 5) is 27.3. The molecule has 1 aromatic heterocycles. The Kier molecular flexibility index (Phi) is 6.53. The Labute approximate surface area is 204 Å². The van der Waals surface area contributed by atoms with Gasteiger partial charge in [-0.05, 0) is 81.4 Å². The number of halogens is 3. The van der Waals surface area contributed by atoms with Crippen LogP contribution in [0.25, 0.3) is 5.76 Å². The van der Waals surface area contributed by atoms with E-state index in [4.69, 9.17) is 9.15 Å². The third-order valence-corrected chi connectivity index (χ3v) is 5.32. The summed E-state index contributed by atoms with van der Waals surface area (Å²) in [6.07, 6.45) is -4.95. The fraction of sp³-hybridized carbons (Fsp3) is 0.231. The average Bonchev–Trinajstić information content (AvgIpc) is 3.34. The minimum Gasteiger partial charge on any atom is -0.507 e. The second kappa shape index (κ2) is 9.44. The highest BCUT2D eigenvalue weighted by molar-refractivity contribution is 6.51. The number of carbonyl (C=O) groups is 2. The van der Waals surface area contributed by atoms with E-state index >= 15 is 0 Å². The van der Waals surface area contributed by atoms with Gasteiger partial charge in [0.05, 0.1) is 11.7 Å². The van der Waals surface area contributed by atoms with Crippen LogP contribution in [0.2, 0.25) is 0 Å². The lowest BCUT2D eigenvalue weighted by Crippen LogP contribution is -2.29. The van der Waals surface area contributed by atoms with Gasteiger partial charge < -0.3 is 19.0 Å². The number of carbonyl (C=O) groups excluding carboxylic acids is 2. The molecule has 2 heterocycles. The maximum absolute atomic E-state index is 13.1. The van der Waals surface area contributed by atoms with Crippen molar-refractivity contribution >= 4 is 23.1 Å². The number of hydrogen-bond acceptors (Lipinski definition) is 6. The molecule has 1 atom stereocenters. The Balaban J connectivity index is 1.78. The first kappa shape index (κ1) is 24.9. The minimum absolute atomic E-state index is 0.0649. The molecule has 4 rings (SSSR count). The molecule has 10 heteroatoms. The van der Waals surface area contributed by atoms with Crippen molar-refractivity contribution in [3.63, 3.8) is 0 Å². The number of hydrogen-bond donors (Lipinski definition) is 1. The number of ketones is 1. The Morgan fingerprint density at radius 1 is 0.972 bits per heavy atom. The number of aliphatic hydroxyl groups is 1. The van der Waals surface area contributed by atoms with E-state index in [1.807, 2.05) is 13.8 Å². The molecule has 0 bridgehead atoms. The fourth-order valence-corrected chi connectivity index (χ4v) is 3.90. The molecule has 0 saturated carbocycles. The van der Waals surface area contributed by atoms with Crippen LogP contribution in [0.3, 0.4) is 0 Å². The Morgan fingerprint density at radius 2 is 1.58 bits per heavy atom. The molecule has 7 nitrogen and oxygen atoms in total. The summed E-state index contributed by atoms with van der Waals surface area (Å²) >= 11 is 0. The largest absolute Gasteiger partial charge is 0.573 e. The highest BCUT2D eigenvalue weighted by Gasteiger charge is 2.48. The quantitative estimate of drug-likeness (QED) is 0.257. The van der Waals surface area contributed by atoms with E-state index in [9.17, 15) is 27.9 Å². The number of amides is 1. The van der Waals surface area contributed by atoms with Crippen molar-refractivity contribution in [1.82, 2.24) is 0 Å². The summed E-state index contributed by atoms with van der Waals surface area (Å²) in [6, 6.07) is 12.9. The van der Waals surface area contributed by atoms with Crippen LogP contribution in [-0.2, 0) is 9.59 Å². The highest BCUT2D eigenvalue weighted by Crippen LogP contribution is 2.43. The van der Waals surface area contributed by atoms with Crippen LogP contribution in [0, 0.1) is 6.92 Å². The van der Waals surface area contributed by atoms with E-state index in [1.165, 1.54) is 12.1 Å². The van der Waals surface area contributed by atoms with Gasteiger partial charge in [0.1, 0.15) is 34.8 Å². The second-order valence-electron chi connectivity index (χ2n) is 8.35. The average molecular weight is 501 g/mol. The van der Waals surface area contributed by atoms with Crippen molar-refractivity contribution in [3.05, 3.63) is 83.3 Å². The second-order valence-corrected chi connectivity index (χ2v) is 8.35. The Hall–Kier alpha value is -4.21. The van der Waals surface area contributed by atoms with Gasteiger partial charge in [-0.3, -0.25) is 14.5 Å². The van der Waals surface area contributed by atoms with Gasteiger partial charge in [-0.25, -0.2) is 0 Å². The molecule has 1 fully saturated rings. The van der Waals surface area contributed by atoms with Crippen molar-refractivity contribution < 1.29 is 41.8 Å². The van der Waals surface area contributed by atoms with Crippen molar-refractivity contribution in [2.45, 2.75) is 39.3 Å². The number of rotatable bonds is 6. The van der Waals surface area contributed by atoms with Crippen LogP contribution in [0.1, 0.15) is 37.0 Å². The van der Waals surface area contributed by atoms with E-state index in [-0.39, 0.29) is 28.7 Å². The lowest BCUT2D eigenvalue weighted by Gasteiger charge is -2.23. The van der Waals surface area contributed by atoms with Crippen molar-refractivity contribution in [3.8, 4) is 11.5 Å². The van der Waals surface area contributed by atoms with Gasteiger partial charge in [0.15, 0.2) is 0 Å². The van der Waals surface area contributed by atoms with Crippen LogP contribution in [0.15, 0.2) is 70.7 Å². The van der Waals surface area contributed by atoms with Gasteiger partial charge in [-0.15, -0.1) is 13.2 Å². The number of furan rings is 1. The molecule has 0 spiro atoms. The van der Waals surface area contributed by atoms with Gasteiger partial charge in [-0.1, -0.05) is 0 Å². The van der Waals surface area contributed by atoms with Gasteiger partial charge in [0, 0.05) is 11.3 Å². The van der Waals surface area contributed by atoms with Gasteiger partial charge in [-0.2, -0.15) is 0 Å². The van der Waals surface area contributed by atoms with Crippen LogP contribution in [-0.4, -0.2) is 29.3 Å². The lowest BCUT2D eigenvalue weighted by molar-refractivity contribution is -0.274. The highest BCUT2D eigenvalue weighted by atomic mass is 19.4. The monoisotopic (exact) mass is 501 g/mol. The maximum Gasteiger partial charge on any atom is 0.573 e. The summed E-state index contributed by atoms with van der Waals surface area (Å²) < 4.78 is 52.8. The lowest BCUT2D eigenvalue weighted by atomic mass is 9.99. The van der Waals surface area contributed by atoms with Crippen molar-refractivity contribution in [2.24, 2.45) is 0 Å². The summed E-state index contributed by atoms with van der Waals surface area (Å²) in [5.74, 6) is -1.60. The normalized spacial score (nSPS) is 17.6. The molecule has 1 N–H and O–H groups in total. The van der Waals surface area contributed by atoms with Crippen LogP contribution in [0.5, 0.6) is 11.5 Å². The number of aryl methyl sites for hydroxylation is 1. The SMILES string of the molecule is Cc1ccc(C2/C(=C(/O)c3ccc(OC(C)C)cc3)C(=O)C(=O)N2c2ccc(OC(F)(F)F)cc2)o1. The molecule has 2 aromatic carbocycles. The molecule has 0 radical (unpaired) electrons. The first-order chi connectivity index (χ1) is 16.9. The molecular formula is C26H22F3NO6. The molecule has 1 amide bonds. The van der Waals surface area contributed by atoms with Gasteiger partial charge >= 0.3 is 6.36 Å². The Bertz CT molecular complexity index is 1310. The summed E-state index contributed by atoms with van der Waals surface area (Å²) in [5.41, 5.74) is 0.166. The van der Waals surface area contributed by atoms with Crippen LogP contribution < -0.4 is 14.4 Å². The van der Waals surface area contributed by atoms with E-state index in [0.717, 1.165) is 17.0 Å². The van der Waals surface area contributed by atoms with Crippen molar-refractivity contribution in [2.75, 3.05) is 4.90 Å². The molecule has 0 aliphatic carbocycles. The van der Waals surface area contributed by atoms with E-state index < -0.39 is 35.6 Å². The molecule has 3 aromatic rings. The summed E-state index contributed by atoms with van der Waals surface area (Å²) in [5, 5.41) is 11.1. The predicted molar refractivity (Wildman–Crippen MR) is 124 cm³/mol. The number of benzene rings is 2.